The molecule has 2 aliphatic heterocycles. The number of hydrogen-bond donors (Lipinski definition) is 3. The molecular weight excluding hydrogens is 776 g/mol. The van der Waals surface area contributed by atoms with E-state index in [1.165, 1.54) is 6.07 Å². The van der Waals surface area contributed by atoms with Gasteiger partial charge in [-0.15, -0.1) is 0 Å². The highest BCUT2D eigenvalue weighted by atomic mass is 79.9. The maximum Gasteiger partial charge on any atom is 0.234 e. The number of piperidine rings is 1. The van der Waals surface area contributed by atoms with Crippen molar-refractivity contribution < 1.29 is 23.3 Å². The van der Waals surface area contributed by atoms with E-state index in [4.69, 9.17) is 9.72 Å². The molecule has 0 radical (unpaired) electrons. The van der Waals surface area contributed by atoms with E-state index in [2.05, 4.69) is 56.6 Å². The average molecular weight is 817 g/mol. The molecule has 2 amide bonds. The molecule has 2 aromatic heterocycles. The Bertz CT molecular complexity index is 2320. The minimum atomic E-state index is -2.78. The SMILES string of the molecule is COc1cc(N2CCN(Cc3ccc(C4CCC(=O)NC4=O)c(F)c3)CC2)c(C)cc1Nc1ncc(Br)c(Nc2ccc3nccnc3c2P(C)(C)=O)n1. The maximum absolute atomic E-state index is 15.1. The second-order valence-corrected chi connectivity index (χ2v) is 17.8. The van der Waals surface area contributed by atoms with Crippen LogP contribution in [-0.4, -0.2) is 83.3 Å². The molecule has 0 spiro atoms. The predicted molar refractivity (Wildman–Crippen MR) is 212 cm³/mol. The Balaban J connectivity index is 1.02. The zero-order chi connectivity index (χ0) is 38.1. The number of carbonyl (C=O) groups excluding carboxylic acids is 2. The number of methoxy groups -OCH3 is 1. The number of hydrogen-bond acceptors (Lipinski definition) is 12. The van der Waals surface area contributed by atoms with Crippen molar-refractivity contribution in [2.45, 2.75) is 32.2 Å². The van der Waals surface area contributed by atoms with Gasteiger partial charge >= 0.3 is 0 Å². The summed E-state index contributed by atoms with van der Waals surface area (Å²) >= 11 is 3.55. The van der Waals surface area contributed by atoms with Crippen molar-refractivity contribution in [1.29, 1.82) is 0 Å². The third-order valence-electron chi connectivity index (χ3n) is 9.71. The number of nitrogens with zero attached hydrogens (tertiary/aromatic N) is 6. The van der Waals surface area contributed by atoms with Crippen LogP contribution in [0.2, 0.25) is 0 Å². The molecule has 16 heteroatoms. The maximum atomic E-state index is 15.1. The number of imide groups is 1. The number of anilines is 5. The van der Waals surface area contributed by atoms with Crippen LogP contribution < -0.4 is 30.9 Å². The van der Waals surface area contributed by atoms with Crippen LogP contribution in [0.5, 0.6) is 5.75 Å². The second-order valence-electron chi connectivity index (χ2n) is 13.8. The van der Waals surface area contributed by atoms with Crippen molar-refractivity contribution in [3.05, 3.63) is 88.0 Å². The Morgan fingerprint density at radius 2 is 1.78 bits per heavy atom. The van der Waals surface area contributed by atoms with Crippen LogP contribution >= 0.6 is 23.1 Å². The van der Waals surface area contributed by atoms with E-state index in [9.17, 15) is 14.2 Å². The summed E-state index contributed by atoms with van der Waals surface area (Å²) in [4.78, 5) is 46.5. The van der Waals surface area contributed by atoms with Crippen LogP contribution in [0.4, 0.5) is 33.2 Å². The number of aryl methyl sites for hydroxylation is 1. The van der Waals surface area contributed by atoms with Crippen LogP contribution in [0.1, 0.15) is 35.4 Å². The summed E-state index contributed by atoms with van der Waals surface area (Å²) < 4.78 is 35.0. The first-order chi connectivity index (χ1) is 25.9. The summed E-state index contributed by atoms with van der Waals surface area (Å²) in [5, 5.41) is 9.55. The van der Waals surface area contributed by atoms with E-state index in [0.29, 0.717) is 68.2 Å². The summed E-state index contributed by atoms with van der Waals surface area (Å²) in [6.07, 6.45) is 5.37. The zero-order valence-electron chi connectivity index (χ0n) is 30.3. The van der Waals surface area contributed by atoms with Crippen LogP contribution in [0.15, 0.2) is 65.5 Å². The summed E-state index contributed by atoms with van der Waals surface area (Å²) in [5.74, 6) is -0.394. The van der Waals surface area contributed by atoms with Gasteiger partial charge in [-0.05, 0) is 78.0 Å². The van der Waals surface area contributed by atoms with E-state index in [1.807, 2.05) is 37.3 Å². The number of amides is 2. The lowest BCUT2D eigenvalue weighted by molar-refractivity contribution is -0.134. The molecule has 3 aromatic carbocycles. The molecule has 0 aliphatic carbocycles. The van der Waals surface area contributed by atoms with Gasteiger partial charge in [0.2, 0.25) is 17.8 Å². The number of ether oxygens (including phenoxy) is 1. The van der Waals surface area contributed by atoms with E-state index in [1.54, 1.807) is 45.1 Å². The Kier molecular flexibility index (Phi) is 10.7. The summed E-state index contributed by atoms with van der Waals surface area (Å²) in [6.45, 7) is 9.13. The lowest BCUT2D eigenvalue weighted by Crippen LogP contribution is -2.46. The van der Waals surface area contributed by atoms with E-state index in [0.717, 1.165) is 43.0 Å². The van der Waals surface area contributed by atoms with Gasteiger partial charge in [-0.1, -0.05) is 12.1 Å². The molecule has 1 unspecified atom stereocenters. The Labute approximate surface area is 320 Å². The summed E-state index contributed by atoms with van der Waals surface area (Å²) in [7, 11) is -1.16. The fourth-order valence-electron chi connectivity index (χ4n) is 7.06. The van der Waals surface area contributed by atoms with E-state index >= 15 is 4.39 Å². The third-order valence-corrected chi connectivity index (χ3v) is 11.8. The van der Waals surface area contributed by atoms with Gasteiger partial charge in [0, 0.05) is 75.1 Å². The first-order valence-corrected chi connectivity index (χ1v) is 20.9. The molecule has 54 heavy (non-hydrogen) atoms. The highest BCUT2D eigenvalue weighted by Crippen LogP contribution is 2.42. The lowest BCUT2D eigenvalue weighted by atomic mass is 9.89. The molecule has 2 aliphatic rings. The Hall–Kier alpha value is -4.98. The Morgan fingerprint density at radius 1 is 1.00 bits per heavy atom. The standard InChI is InChI=1S/C38H40BrFN9O4P/c1-22-17-30(45-38-43-20-26(39)36(47-38)44-29-9-8-28-34(42-12-11-41-28)35(29)54(3,4)52)32(53-2)19-31(22)49-15-13-48(14-16-49)21-23-5-6-24(27(40)18-23)25-7-10-33(50)46-37(25)51/h5-6,8-9,11-12,17-20,25H,7,10,13-16,21H2,1-4H3,(H,46,50,51)(H2,43,44,45,47). The van der Waals surface area contributed by atoms with Crippen molar-refractivity contribution in [2.24, 2.45) is 0 Å². The van der Waals surface area contributed by atoms with Gasteiger partial charge in [0.25, 0.3) is 0 Å². The van der Waals surface area contributed by atoms with Crippen LogP contribution in [0, 0.1) is 12.7 Å². The number of fused-ring (bicyclic) bond motifs is 1. The van der Waals surface area contributed by atoms with Crippen molar-refractivity contribution >= 4 is 80.1 Å². The van der Waals surface area contributed by atoms with Crippen molar-refractivity contribution in [3.8, 4) is 5.75 Å². The van der Waals surface area contributed by atoms with Crippen LogP contribution in [0.25, 0.3) is 11.0 Å². The molecule has 3 N–H and O–H groups in total. The number of nitrogens with one attached hydrogen (secondary N) is 3. The number of halogens is 2. The fourth-order valence-corrected chi connectivity index (χ4v) is 8.75. The molecule has 280 valence electrons. The molecule has 7 rings (SSSR count). The minimum absolute atomic E-state index is 0.209. The van der Waals surface area contributed by atoms with Gasteiger partial charge in [0.15, 0.2) is 0 Å². The van der Waals surface area contributed by atoms with Crippen LogP contribution in [0.3, 0.4) is 0 Å². The van der Waals surface area contributed by atoms with Gasteiger partial charge in [-0.25, -0.2) is 9.37 Å². The van der Waals surface area contributed by atoms with Crippen molar-refractivity contribution in [3.63, 3.8) is 0 Å². The molecular formula is C38H40BrFN9O4P. The molecule has 0 bridgehead atoms. The van der Waals surface area contributed by atoms with Gasteiger partial charge in [-0.3, -0.25) is 29.8 Å². The monoisotopic (exact) mass is 815 g/mol. The molecule has 5 aromatic rings. The number of carbonyl (C=O) groups is 2. The molecule has 13 nitrogen and oxygen atoms in total. The topological polar surface area (TPSA) is 155 Å². The largest absolute Gasteiger partial charge is 0.494 e. The quantitative estimate of drug-likeness (QED) is 0.108. The number of rotatable bonds is 10. The fraction of sp³-hybridized carbons (Fsp3) is 0.316. The predicted octanol–water partition coefficient (Wildman–Crippen LogP) is 6.22. The molecule has 1 atom stereocenters. The van der Waals surface area contributed by atoms with Crippen molar-refractivity contribution in [2.75, 3.05) is 62.2 Å². The lowest BCUT2D eigenvalue weighted by Gasteiger charge is -2.37. The first kappa shape index (κ1) is 37.3. The normalized spacial score (nSPS) is 16.7. The summed E-state index contributed by atoms with van der Waals surface area (Å²) in [5.41, 5.74) is 5.80. The van der Waals surface area contributed by atoms with Crippen molar-refractivity contribution in [1.82, 2.24) is 30.2 Å². The molecule has 0 saturated carbocycles. The second kappa shape index (κ2) is 15.4. The van der Waals surface area contributed by atoms with E-state index < -0.39 is 24.8 Å². The molecule has 2 saturated heterocycles. The van der Waals surface area contributed by atoms with Gasteiger partial charge in [0.1, 0.15) is 30.0 Å². The van der Waals surface area contributed by atoms with Gasteiger partial charge in [-0.2, -0.15) is 4.98 Å². The number of piperazine rings is 1. The van der Waals surface area contributed by atoms with E-state index in [-0.39, 0.29) is 12.3 Å². The van der Waals surface area contributed by atoms with Gasteiger partial charge in [0.05, 0.1) is 39.7 Å². The highest BCUT2D eigenvalue weighted by Gasteiger charge is 2.30. The number of benzene rings is 3. The highest BCUT2D eigenvalue weighted by molar-refractivity contribution is 9.10. The average Bonchev–Trinajstić information content (AvgIpc) is 3.13. The smallest absolute Gasteiger partial charge is 0.234 e. The number of aromatic nitrogens is 4. The zero-order valence-corrected chi connectivity index (χ0v) is 32.8. The molecule has 4 heterocycles. The summed E-state index contributed by atoms with van der Waals surface area (Å²) in [6, 6.07) is 12.7. The minimum Gasteiger partial charge on any atom is -0.494 e. The third kappa shape index (κ3) is 7.94. The first-order valence-electron chi connectivity index (χ1n) is 17.5. The van der Waals surface area contributed by atoms with Gasteiger partial charge < -0.3 is 24.8 Å². The Morgan fingerprint density at radius 3 is 2.50 bits per heavy atom. The molecule has 2 fully saturated rings. The van der Waals surface area contributed by atoms with Crippen LogP contribution in [-0.2, 0) is 20.7 Å².